The third-order valence-corrected chi connectivity index (χ3v) is 6.06. The van der Waals surface area contributed by atoms with Gasteiger partial charge in [0.2, 0.25) is 0 Å². The van der Waals surface area contributed by atoms with E-state index in [1.165, 1.54) is 88.7 Å². The third kappa shape index (κ3) is 6.68. The Balaban J connectivity index is 1.58. The standard InChI is InChI=1S/C23H38N2O/c1-21-12-6-7-13-22(21)20-26-23(18-24-14-8-2-3-9-15-24)19-25-16-10-4-5-11-17-25/h6-7,12-13,23H,2-5,8-11,14-20H2,1H3. The van der Waals surface area contributed by atoms with E-state index < -0.39 is 0 Å². The van der Waals surface area contributed by atoms with Gasteiger partial charge >= 0.3 is 0 Å². The van der Waals surface area contributed by atoms with Crippen molar-refractivity contribution in [2.24, 2.45) is 0 Å². The second kappa shape index (κ2) is 11.1. The first kappa shape index (κ1) is 19.9. The highest BCUT2D eigenvalue weighted by molar-refractivity contribution is 5.24. The van der Waals surface area contributed by atoms with Crippen LogP contribution in [0.4, 0.5) is 0 Å². The molecule has 0 bridgehead atoms. The van der Waals surface area contributed by atoms with Gasteiger partial charge in [-0.15, -0.1) is 0 Å². The zero-order chi connectivity index (χ0) is 18.0. The fourth-order valence-electron chi connectivity index (χ4n) is 4.36. The summed E-state index contributed by atoms with van der Waals surface area (Å²) in [6.45, 7) is 10.2. The van der Waals surface area contributed by atoms with E-state index in [2.05, 4.69) is 41.0 Å². The maximum absolute atomic E-state index is 6.51. The minimum absolute atomic E-state index is 0.325. The smallest absolute Gasteiger partial charge is 0.0833 e. The monoisotopic (exact) mass is 358 g/mol. The zero-order valence-electron chi connectivity index (χ0n) is 16.8. The van der Waals surface area contributed by atoms with E-state index in [1.807, 2.05) is 0 Å². The molecular formula is C23H38N2O. The van der Waals surface area contributed by atoms with Gasteiger partial charge in [-0.05, 0) is 69.9 Å². The van der Waals surface area contributed by atoms with E-state index in [-0.39, 0.29) is 0 Å². The normalized spacial score (nSPS) is 20.8. The molecule has 3 nitrogen and oxygen atoms in total. The summed E-state index contributed by atoms with van der Waals surface area (Å²) < 4.78 is 6.51. The third-order valence-electron chi connectivity index (χ3n) is 6.06. The molecule has 0 unspecified atom stereocenters. The summed E-state index contributed by atoms with van der Waals surface area (Å²) >= 11 is 0. The Morgan fingerprint density at radius 3 is 1.77 bits per heavy atom. The van der Waals surface area contributed by atoms with Gasteiger partial charge in [-0.25, -0.2) is 0 Å². The molecule has 2 fully saturated rings. The van der Waals surface area contributed by atoms with Crippen molar-refractivity contribution in [3.05, 3.63) is 35.4 Å². The van der Waals surface area contributed by atoms with E-state index in [4.69, 9.17) is 4.74 Å². The minimum Gasteiger partial charge on any atom is -0.371 e. The second-order valence-corrected chi connectivity index (χ2v) is 8.29. The Hall–Kier alpha value is -0.900. The Kier molecular flexibility index (Phi) is 8.44. The first-order valence-electron chi connectivity index (χ1n) is 10.9. The van der Waals surface area contributed by atoms with Crippen LogP contribution in [-0.2, 0) is 11.3 Å². The molecule has 26 heavy (non-hydrogen) atoms. The Bertz CT molecular complexity index is 481. The molecule has 2 saturated heterocycles. The fraction of sp³-hybridized carbons (Fsp3) is 0.739. The molecule has 3 rings (SSSR count). The van der Waals surface area contributed by atoms with Crippen molar-refractivity contribution in [2.45, 2.75) is 71.0 Å². The highest BCUT2D eigenvalue weighted by Crippen LogP contribution is 2.16. The summed E-state index contributed by atoms with van der Waals surface area (Å²) in [6, 6.07) is 8.65. The number of aryl methyl sites for hydroxylation is 1. The van der Waals surface area contributed by atoms with Gasteiger partial charge in [0.15, 0.2) is 0 Å². The molecule has 2 heterocycles. The molecule has 146 valence electrons. The van der Waals surface area contributed by atoms with Gasteiger partial charge < -0.3 is 14.5 Å². The average molecular weight is 359 g/mol. The predicted octanol–water partition coefficient (Wildman–Crippen LogP) is 4.63. The molecule has 0 aliphatic carbocycles. The number of hydrogen-bond donors (Lipinski definition) is 0. The van der Waals surface area contributed by atoms with Crippen LogP contribution in [0.1, 0.15) is 62.5 Å². The number of nitrogens with zero attached hydrogens (tertiary/aromatic N) is 2. The molecule has 0 atom stereocenters. The van der Waals surface area contributed by atoms with Gasteiger partial charge in [-0.2, -0.15) is 0 Å². The minimum atomic E-state index is 0.325. The number of ether oxygens (including phenoxy) is 1. The van der Waals surface area contributed by atoms with Crippen LogP contribution in [0, 0.1) is 6.92 Å². The topological polar surface area (TPSA) is 15.7 Å². The van der Waals surface area contributed by atoms with E-state index in [0.29, 0.717) is 6.10 Å². The van der Waals surface area contributed by atoms with Gasteiger partial charge in [0.1, 0.15) is 0 Å². The highest BCUT2D eigenvalue weighted by Gasteiger charge is 2.20. The van der Waals surface area contributed by atoms with Crippen molar-refractivity contribution in [3.63, 3.8) is 0 Å². The molecule has 0 aromatic heterocycles. The van der Waals surface area contributed by atoms with Crippen LogP contribution in [0.3, 0.4) is 0 Å². The van der Waals surface area contributed by atoms with Gasteiger partial charge in [0.25, 0.3) is 0 Å². The molecule has 1 aromatic rings. The molecular weight excluding hydrogens is 320 g/mol. The summed E-state index contributed by atoms with van der Waals surface area (Å²) in [5, 5.41) is 0. The Morgan fingerprint density at radius 1 is 0.769 bits per heavy atom. The zero-order valence-corrected chi connectivity index (χ0v) is 16.8. The summed E-state index contributed by atoms with van der Waals surface area (Å²) in [5.74, 6) is 0. The predicted molar refractivity (Wildman–Crippen MR) is 110 cm³/mol. The molecule has 1 aromatic carbocycles. The van der Waals surface area contributed by atoms with E-state index in [9.17, 15) is 0 Å². The Labute approximate surface area is 160 Å². The second-order valence-electron chi connectivity index (χ2n) is 8.29. The van der Waals surface area contributed by atoms with Crippen LogP contribution < -0.4 is 0 Å². The molecule has 3 heteroatoms. The summed E-state index contributed by atoms with van der Waals surface area (Å²) in [7, 11) is 0. The van der Waals surface area contributed by atoms with Gasteiger partial charge in [0.05, 0.1) is 12.7 Å². The summed E-state index contributed by atoms with van der Waals surface area (Å²) in [4.78, 5) is 5.32. The lowest BCUT2D eigenvalue weighted by atomic mass is 10.1. The summed E-state index contributed by atoms with van der Waals surface area (Å²) in [6.07, 6.45) is 11.3. The fourth-order valence-corrected chi connectivity index (χ4v) is 4.36. The molecule has 0 saturated carbocycles. The Morgan fingerprint density at radius 2 is 1.27 bits per heavy atom. The van der Waals surface area contributed by atoms with Crippen molar-refractivity contribution in [3.8, 4) is 0 Å². The van der Waals surface area contributed by atoms with Crippen molar-refractivity contribution in [1.29, 1.82) is 0 Å². The highest BCUT2D eigenvalue weighted by atomic mass is 16.5. The van der Waals surface area contributed by atoms with Crippen LogP contribution in [0.2, 0.25) is 0 Å². The van der Waals surface area contributed by atoms with Crippen LogP contribution in [0.15, 0.2) is 24.3 Å². The van der Waals surface area contributed by atoms with Crippen LogP contribution in [0.25, 0.3) is 0 Å². The lowest BCUT2D eigenvalue weighted by Crippen LogP contribution is -2.42. The SMILES string of the molecule is Cc1ccccc1COC(CN1CCCCCC1)CN1CCCCCC1. The first-order chi connectivity index (χ1) is 12.8. The molecule has 2 aliphatic rings. The van der Waals surface area contributed by atoms with Crippen molar-refractivity contribution < 1.29 is 4.74 Å². The van der Waals surface area contributed by atoms with Crippen LogP contribution in [0.5, 0.6) is 0 Å². The van der Waals surface area contributed by atoms with Gasteiger partial charge in [-0.1, -0.05) is 49.9 Å². The lowest BCUT2D eigenvalue weighted by Gasteiger charge is -2.31. The van der Waals surface area contributed by atoms with Crippen molar-refractivity contribution in [1.82, 2.24) is 9.80 Å². The van der Waals surface area contributed by atoms with Crippen molar-refractivity contribution in [2.75, 3.05) is 39.3 Å². The molecule has 0 amide bonds. The molecule has 0 radical (unpaired) electrons. The first-order valence-corrected chi connectivity index (χ1v) is 10.9. The van der Waals surface area contributed by atoms with E-state index in [0.717, 1.165) is 19.7 Å². The number of rotatable bonds is 7. The quantitative estimate of drug-likeness (QED) is 0.706. The van der Waals surface area contributed by atoms with E-state index >= 15 is 0 Å². The van der Waals surface area contributed by atoms with Gasteiger partial charge in [0, 0.05) is 13.1 Å². The molecule has 0 N–H and O–H groups in total. The lowest BCUT2D eigenvalue weighted by molar-refractivity contribution is -0.00533. The van der Waals surface area contributed by atoms with Crippen molar-refractivity contribution >= 4 is 0 Å². The number of hydrogen-bond acceptors (Lipinski definition) is 3. The van der Waals surface area contributed by atoms with Crippen LogP contribution >= 0.6 is 0 Å². The summed E-state index contributed by atoms with van der Waals surface area (Å²) in [5.41, 5.74) is 2.68. The van der Waals surface area contributed by atoms with Crippen LogP contribution in [-0.4, -0.2) is 55.2 Å². The number of benzene rings is 1. The molecule has 0 spiro atoms. The number of likely N-dealkylation sites (tertiary alicyclic amines) is 2. The van der Waals surface area contributed by atoms with Gasteiger partial charge in [-0.3, -0.25) is 0 Å². The molecule has 2 aliphatic heterocycles. The largest absolute Gasteiger partial charge is 0.371 e. The maximum Gasteiger partial charge on any atom is 0.0833 e. The maximum atomic E-state index is 6.51. The van der Waals surface area contributed by atoms with E-state index in [1.54, 1.807) is 0 Å². The average Bonchev–Trinajstić information content (AvgIpc) is 3.06.